The predicted molar refractivity (Wildman–Crippen MR) is 113 cm³/mol. The van der Waals surface area contributed by atoms with Crippen LogP contribution in [-0.4, -0.2) is 32.8 Å². The van der Waals surface area contributed by atoms with E-state index >= 15 is 0 Å². The summed E-state index contributed by atoms with van der Waals surface area (Å²) in [7, 11) is 1.56. The van der Waals surface area contributed by atoms with Gasteiger partial charge in [-0.15, -0.1) is 21.5 Å². The third-order valence-electron chi connectivity index (χ3n) is 4.21. The highest BCUT2D eigenvalue weighted by molar-refractivity contribution is 7.19. The highest BCUT2D eigenvalue weighted by Gasteiger charge is 2.18. The average molecular weight is 428 g/mol. The number of anilines is 1. The van der Waals surface area contributed by atoms with E-state index in [1.807, 2.05) is 37.3 Å². The molecule has 148 valence electrons. The van der Waals surface area contributed by atoms with Gasteiger partial charge in [0.15, 0.2) is 0 Å². The minimum atomic E-state index is -0.374. The lowest BCUT2D eigenvalue weighted by atomic mass is 10.0. The van der Waals surface area contributed by atoms with Crippen LogP contribution in [0.15, 0.2) is 41.5 Å². The second-order valence-corrected chi connectivity index (χ2v) is 8.50. The van der Waals surface area contributed by atoms with Crippen LogP contribution in [0, 0.1) is 6.92 Å². The number of aromatic nitrogens is 4. The average Bonchev–Trinajstić information content (AvgIpc) is 3.28. The van der Waals surface area contributed by atoms with Gasteiger partial charge in [0.05, 0.1) is 11.7 Å². The van der Waals surface area contributed by atoms with Gasteiger partial charge >= 0.3 is 0 Å². The van der Waals surface area contributed by atoms with Crippen molar-refractivity contribution in [3.05, 3.63) is 56.9 Å². The highest BCUT2D eigenvalue weighted by atomic mass is 32.1. The van der Waals surface area contributed by atoms with E-state index in [1.165, 1.54) is 33.6 Å². The number of amides is 1. The fourth-order valence-electron chi connectivity index (χ4n) is 3.00. The van der Waals surface area contributed by atoms with E-state index in [1.54, 1.807) is 7.11 Å². The maximum atomic E-state index is 13.1. The van der Waals surface area contributed by atoms with Gasteiger partial charge in [-0.05, 0) is 12.5 Å². The van der Waals surface area contributed by atoms with Crippen molar-refractivity contribution >= 4 is 43.9 Å². The smallest absolute Gasteiger partial charge is 0.263 e. The quantitative estimate of drug-likeness (QED) is 0.508. The number of rotatable bonds is 6. The van der Waals surface area contributed by atoms with Crippen molar-refractivity contribution in [2.45, 2.75) is 20.1 Å². The van der Waals surface area contributed by atoms with Crippen molar-refractivity contribution in [1.82, 2.24) is 19.7 Å². The van der Waals surface area contributed by atoms with E-state index in [0.717, 1.165) is 16.0 Å². The summed E-state index contributed by atoms with van der Waals surface area (Å²) in [6.07, 6.45) is 1.41. The number of nitrogens with one attached hydrogen (secondary N) is 1. The van der Waals surface area contributed by atoms with E-state index in [0.29, 0.717) is 27.0 Å². The van der Waals surface area contributed by atoms with Crippen LogP contribution in [0.3, 0.4) is 0 Å². The van der Waals surface area contributed by atoms with Crippen LogP contribution < -0.4 is 10.9 Å². The van der Waals surface area contributed by atoms with Crippen molar-refractivity contribution in [3.63, 3.8) is 0 Å². The first-order valence-electron chi connectivity index (χ1n) is 8.72. The van der Waals surface area contributed by atoms with Gasteiger partial charge < -0.3 is 4.74 Å². The van der Waals surface area contributed by atoms with E-state index < -0.39 is 0 Å². The third-order valence-corrected chi connectivity index (χ3v) is 6.04. The zero-order valence-corrected chi connectivity index (χ0v) is 17.3. The van der Waals surface area contributed by atoms with E-state index in [2.05, 4.69) is 20.5 Å². The summed E-state index contributed by atoms with van der Waals surface area (Å²) in [5.41, 5.74) is 1.58. The van der Waals surface area contributed by atoms with Gasteiger partial charge in [-0.25, -0.2) is 4.98 Å². The number of fused-ring (bicyclic) bond motifs is 1. The first kappa shape index (κ1) is 19.4. The Labute approximate surface area is 173 Å². The number of thiophene rings is 1. The molecule has 0 radical (unpaired) electrons. The summed E-state index contributed by atoms with van der Waals surface area (Å²) >= 11 is 2.70. The molecule has 4 rings (SSSR count). The first-order valence-corrected chi connectivity index (χ1v) is 10.3. The van der Waals surface area contributed by atoms with Crippen molar-refractivity contribution in [1.29, 1.82) is 0 Å². The number of aryl methyl sites for hydroxylation is 1. The molecule has 0 saturated carbocycles. The fourth-order valence-corrected chi connectivity index (χ4v) is 4.73. The molecule has 1 amide bonds. The molecule has 0 aliphatic rings. The molecule has 1 aromatic carbocycles. The normalized spacial score (nSPS) is 11.1. The summed E-state index contributed by atoms with van der Waals surface area (Å²) in [4.78, 5) is 31.6. The Morgan fingerprint density at radius 1 is 1.21 bits per heavy atom. The summed E-state index contributed by atoms with van der Waals surface area (Å²) in [6, 6.07) is 9.72. The van der Waals surface area contributed by atoms with Crippen LogP contribution in [-0.2, 0) is 22.7 Å². The molecule has 10 heteroatoms. The molecular formula is C19H17N5O3S2. The topological polar surface area (TPSA) is 99.0 Å². The van der Waals surface area contributed by atoms with Gasteiger partial charge in [0.2, 0.25) is 11.0 Å². The van der Waals surface area contributed by atoms with Gasteiger partial charge in [-0.2, -0.15) is 0 Å². The maximum Gasteiger partial charge on any atom is 0.263 e. The Hall–Kier alpha value is -2.95. The molecule has 1 N–H and O–H groups in total. The highest BCUT2D eigenvalue weighted by Crippen LogP contribution is 2.35. The SMILES string of the molecule is COCc1nnc(NC(=O)Cn2cnc3sc(C)c(-c4ccccc4)c3c2=O)s1. The number of ether oxygens (including phenoxy) is 1. The Bertz CT molecular complexity index is 1230. The second-order valence-electron chi connectivity index (χ2n) is 6.24. The molecule has 0 aliphatic carbocycles. The van der Waals surface area contributed by atoms with E-state index in [9.17, 15) is 9.59 Å². The molecule has 29 heavy (non-hydrogen) atoms. The standard InChI is InChI=1S/C19H17N5O3S2/c1-11-15(12-6-4-3-5-7-12)16-17(28-11)20-10-24(18(16)26)8-13(25)21-19-23-22-14(29-19)9-27-2/h3-7,10H,8-9H2,1-2H3,(H,21,23,25). The van der Waals surface area contributed by atoms with Gasteiger partial charge in [0.25, 0.3) is 5.56 Å². The lowest BCUT2D eigenvalue weighted by Gasteiger charge is -2.06. The van der Waals surface area contributed by atoms with Crippen LogP contribution in [0.4, 0.5) is 5.13 Å². The van der Waals surface area contributed by atoms with Crippen molar-refractivity contribution < 1.29 is 9.53 Å². The molecule has 8 nitrogen and oxygen atoms in total. The number of carbonyl (C=O) groups excluding carboxylic acids is 1. The third kappa shape index (κ3) is 3.95. The predicted octanol–water partition coefficient (Wildman–Crippen LogP) is 3.07. The number of benzene rings is 1. The van der Waals surface area contributed by atoms with Crippen LogP contribution in [0.1, 0.15) is 9.88 Å². The number of carbonyl (C=O) groups is 1. The molecule has 4 aromatic rings. The lowest BCUT2D eigenvalue weighted by Crippen LogP contribution is -2.27. The number of hydrogen-bond donors (Lipinski definition) is 1. The van der Waals surface area contributed by atoms with Crippen LogP contribution >= 0.6 is 22.7 Å². The summed E-state index contributed by atoms with van der Waals surface area (Å²) in [5, 5.41) is 12.0. The molecule has 0 fully saturated rings. The minimum Gasteiger partial charge on any atom is -0.377 e. The van der Waals surface area contributed by atoms with Gasteiger partial charge in [0, 0.05) is 17.6 Å². The Morgan fingerprint density at radius 2 is 2.00 bits per heavy atom. The Kier molecular flexibility index (Phi) is 5.47. The summed E-state index contributed by atoms with van der Waals surface area (Å²) in [5.74, 6) is -0.374. The van der Waals surface area contributed by atoms with E-state index in [4.69, 9.17) is 4.74 Å². The maximum absolute atomic E-state index is 13.1. The lowest BCUT2D eigenvalue weighted by molar-refractivity contribution is -0.116. The van der Waals surface area contributed by atoms with Crippen molar-refractivity contribution in [2.24, 2.45) is 0 Å². The molecule has 0 unspecified atom stereocenters. The van der Waals surface area contributed by atoms with Crippen molar-refractivity contribution in [3.8, 4) is 11.1 Å². The summed E-state index contributed by atoms with van der Waals surface area (Å²) in [6.45, 7) is 2.13. The van der Waals surface area contributed by atoms with Crippen molar-refractivity contribution in [2.75, 3.05) is 12.4 Å². The van der Waals surface area contributed by atoms with Gasteiger partial charge in [0.1, 0.15) is 23.0 Å². The zero-order chi connectivity index (χ0) is 20.4. The molecule has 0 aliphatic heterocycles. The van der Waals surface area contributed by atoms with E-state index in [-0.39, 0.29) is 18.0 Å². The van der Waals surface area contributed by atoms with Gasteiger partial charge in [-0.3, -0.25) is 19.5 Å². The zero-order valence-electron chi connectivity index (χ0n) is 15.7. The van der Waals surface area contributed by atoms with Crippen LogP contribution in [0.5, 0.6) is 0 Å². The van der Waals surface area contributed by atoms with Crippen LogP contribution in [0.2, 0.25) is 0 Å². The molecular weight excluding hydrogens is 410 g/mol. The number of nitrogens with zero attached hydrogens (tertiary/aromatic N) is 4. The number of hydrogen-bond acceptors (Lipinski definition) is 8. The van der Waals surface area contributed by atoms with Gasteiger partial charge in [-0.1, -0.05) is 41.7 Å². The molecule has 0 saturated heterocycles. The fraction of sp³-hybridized carbons (Fsp3) is 0.211. The minimum absolute atomic E-state index is 0.163. The Balaban J connectivity index is 1.63. The molecule has 0 atom stereocenters. The second kappa shape index (κ2) is 8.19. The Morgan fingerprint density at radius 3 is 2.76 bits per heavy atom. The first-order chi connectivity index (χ1) is 14.1. The molecule has 3 aromatic heterocycles. The number of methoxy groups -OCH3 is 1. The molecule has 3 heterocycles. The molecule has 0 bridgehead atoms. The summed E-state index contributed by atoms with van der Waals surface area (Å²) < 4.78 is 6.30. The largest absolute Gasteiger partial charge is 0.377 e. The monoisotopic (exact) mass is 427 g/mol. The molecule has 0 spiro atoms. The van der Waals surface area contributed by atoms with Crippen LogP contribution in [0.25, 0.3) is 21.3 Å².